The van der Waals surface area contributed by atoms with E-state index in [0.29, 0.717) is 0 Å². The molecule has 120 valence electrons. The van der Waals surface area contributed by atoms with Crippen LogP contribution in [0.1, 0.15) is 16.7 Å². The molecule has 2 aromatic heterocycles. The summed E-state index contributed by atoms with van der Waals surface area (Å²) in [5, 5.41) is 0. The molecule has 0 aliphatic rings. The van der Waals surface area contributed by atoms with Crippen molar-refractivity contribution < 1.29 is 9.30 Å². The van der Waals surface area contributed by atoms with Crippen molar-refractivity contribution in [1.29, 1.82) is 0 Å². The summed E-state index contributed by atoms with van der Waals surface area (Å²) in [7, 11) is 3.71. The Morgan fingerprint density at radius 3 is 2.46 bits per heavy atom. The fraction of sp³-hybridized carbons (Fsp3) is 0.143. The van der Waals surface area contributed by atoms with Crippen molar-refractivity contribution in [3.05, 3.63) is 77.6 Å². The lowest BCUT2D eigenvalue weighted by molar-refractivity contribution is -0.660. The Morgan fingerprint density at radius 2 is 1.71 bits per heavy atom. The van der Waals surface area contributed by atoms with Crippen LogP contribution in [-0.4, -0.2) is 12.1 Å². The van der Waals surface area contributed by atoms with Crippen LogP contribution in [0.25, 0.3) is 23.5 Å². The number of nitrogens with zero attached hydrogens (tertiary/aromatic N) is 2. The Balaban J connectivity index is 1.87. The van der Waals surface area contributed by atoms with Crippen molar-refractivity contribution in [3.8, 4) is 17.1 Å². The Morgan fingerprint density at radius 1 is 0.958 bits per heavy atom. The van der Waals surface area contributed by atoms with Gasteiger partial charge in [0.25, 0.3) is 0 Å². The van der Waals surface area contributed by atoms with E-state index in [-0.39, 0.29) is 0 Å². The van der Waals surface area contributed by atoms with Crippen LogP contribution >= 0.6 is 0 Å². The molecule has 0 amide bonds. The predicted octanol–water partition coefficient (Wildman–Crippen LogP) is 4.06. The van der Waals surface area contributed by atoms with Gasteiger partial charge in [-0.15, -0.1) is 0 Å². The highest BCUT2D eigenvalue weighted by molar-refractivity contribution is 5.71. The van der Waals surface area contributed by atoms with Crippen molar-refractivity contribution >= 4 is 12.2 Å². The summed E-state index contributed by atoms with van der Waals surface area (Å²) in [6.07, 6.45) is 8.11. The van der Waals surface area contributed by atoms with E-state index in [9.17, 15) is 0 Å². The third-order valence-electron chi connectivity index (χ3n) is 3.94. The maximum atomic E-state index is 5.18. The molecule has 0 spiro atoms. The number of aryl methyl sites for hydroxylation is 2. The summed E-state index contributed by atoms with van der Waals surface area (Å²) < 4.78 is 7.27. The van der Waals surface area contributed by atoms with Crippen LogP contribution in [0.15, 0.2) is 60.9 Å². The van der Waals surface area contributed by atoms with Gasteiger partial charge in [-0.1, -0.05) is 24.3 Å². The van der Waals surface area contributed by atoms with E-state index in [1.54, 1.807) is 7.11 Å². The Bertz CT molecular complexity index is 867. The van der Waals surface area contributed by atoms with Crippen LogP contribution in [0.4, 0.5) is 0 Å². The maximum absolute atomic E-state index is 5.18. The van der Waals surface area contributed by atoms with E-state index >= 15 is 0 Å². The topological polar surface area (TPSA) is 26.0 Å². The predicted molar refractivity (Wildman–Crippen MR) is 97.5 cm³/mol. The van der Waals surface area contributed by atoms with E-state index in [4.69, 9.17) is 4.74 Å². The lowest BCUT2D eigenvalue weighted by Gasteiger charge is -2.02. The molecule has 3 nitrogen and oxygen atoms in total. The van der Waals surface area contributed by atoms with Gasteiger partial charge < -0.3 is 4.74 Å². The summed E-state index contributed by atoms with van der Waals surface area (Å²) in [6.45, 7) is 2.09. The minimum atomic E-state index is 0.866. The normalized spacial score (nSPS) is 11.0. The monoisotopic (exact) mass is 317 g/mol. The van der Waals surface area contributed by atoms with Gasteiger partial charge in [0.15, 0.2) is 6.20 Å². The summed E-state index contributed by atoms with van der Waals surface area (Å²) >= 11 is 0. The molecule has 2 heterocycles. The van der Waals surface area contributed by atoms with E-state index in [1.165, 1.54) is 5.56 Å². The molecular formula is C21H21N2O+. The molecular weight excluding hydrogens is 296 g/mol. The van der Waals surface area contributed by atoms with Gasteiger partial charge >= 0.3 is 0 Å². The molecule has 3 aromatic rings. The zero-order valence-corrected chi connectivity index (χ0v) is 14.2. The number of hydrogen-bond acceptors (Lipinski definition) is 2. The first-order valence-electron chi connectivity index (χ1n) is 7.90. The average Bonchev–Trinajstić information content (AvgIpc) is 2.62. The van der Waals surface area contributed by atoms with Gasteiger partial charge in [-0.05, 0) is 47.9 Å². The second-order valence-corrected chi connectivity index (χ2v) is 5.78. The second-order valence-electron chi connectivity index (χ2n) is 5.78. The lowest BCUT2D eigenvalue weighted by atomic mass is 10.1. The Hall–Kier alpha value is -2.94. The fourth-order valence-electron chi connectivity index (χ4n) is 2.53. The Labute approximate surface area is 142 Å². The highest BCUT2D eigenvalue weighted by Crippen LogP contribution is 2.18. The van der Waals surface area contributed by atoms with Crippen molar-refractivity contribution in [2.75, 3.05) is 7.11 Å². The first-order valence-corrected chi connectivity index (χ1v) is 7.90. The summed E-state index contributed by atoms with van der Waals surface area (Å²) in [5.41, 5.74) is 5.56. The van der Waals surface area contributed by atoms with Gasteiger partial charge in [-0.25, -0.2) is 4.98 Å². The van der Waals surface area contributed by atoms with Crippen molar-refractivity contribution in [2.45, 2.75) is 6.92 Å². The van der Waals surface area contributed by atoms with Crippen LogP contribution in [0.2, 0.25) is 0 Å². The van der Waals surface area contributed by atoms with Gasteiger partial charge in [0, 0.05) is 18.3 Å². The fourth-order valence-corrected chi connectivity index (χ4v) is 2.53. The number of methoxy groups -OCH3 is 1. The number of benzene rings is 1. The number of pyridine rings is 2. The highest BCUT2D eigenvalue weighted by atomic mass is 16.5. The van der Waals surface area contributed by atoms with Gasteiger partial charge in [-0.2, -0.15) is 4.57 Å². The van der Waals surface area contributed by atoms with Gasteiger partial charge in [0.05, 0.1) is 7.11 Å². The quantitative estimate of drug-likeness (QED) is 0.678. The van der Waals surface area contributed by atoms with Gasteiger partial charge in [-0.3, -0.25) is 0 Å². The van der Waals surface area contributed by atoms with Crippen LogP contribution < -0.4 is 9.30 Å². The van der Waals surface area contributed by atoms with Crippen LogP contribution in [0.3, 0.4) is 0 Å². The first-order chi connectivity index (χ1) is 11.7. The number of hydrogen-bond donors (Lipinski definition) is 0. The SMILES string of the molecule is COc1ccc(/C=C/c2ccnc(-c3cc(C)cc[n+]3C)c2)cc1. The van der Waals surface area contributed by atoms with Gasteiger partial charge in [0.1, 0.15) is 18.5 Å². The first kappa shape index (κ1) is 15.9. The minimum absolute atomic E-state index is 0.866. The molecule has 1 aromatic carbocycles. The largest absolute Gasteiger partial charge is 0.497 e. The summed E-state index contributed by atoms with van der Waals surface area (Å²) in [4.78, 5) is 4.52. The van der Waals surface area contributed by atoms with Crippen LogP contribution in [0, 0.1) is 6.92 Å². The third kappa shape index (κ3) is 3.69. The van der Waals surface area contributed by atoms with Crippen molar-refractivity contribution in [2.24, 2.45) is 7.05 Å². The molecule has 0 atom stereocenters. The zero-order chi connectivity index (χ0) is 16.9. The molecule has 0 aliphatic heterocycles. The standard InChI is InChI=1S/C21H21N2O/c1-16-11-13-23(2)21(14-16)20-15-18(10-12-22-20)5-4-17-6-8-19(24-3)9-7-17/h4-15H,1-3H3/q+1/b5-4+. The summed E-state index contributed by atoms with van der Waals surface area (Å²) in [6, 6.07) is 16.4. The zero-order valence-electron chi connectivity index (χ0n) is 14.2. The molecule has 0 radical (unpaired) electrons. The van der Waals surface area contributed by atoms with Crippen molar-refractivity contribution in [3.63, 3.8) is 0 Å². The van der Waals surface area contributed by atoms with Crippen LogP contribution in [0.5, 0.6) is 5.75 Å². The number of ether oxygens (including phenoxy) is 1. The molecule has 24 heavy (non-hydrogen) atoms. The second kappa shape index (κ2) is 7.09. The minimum Gasteiger partial charge on any atom is -0.497 e. The van der Waals surface area contributed by atoms with E-state index < -0.39 is 0 Å². The molecule has 0 aliphatic carbocycles. The molecule has 0 saturated heterocycles. The van der Waals surface area contributed by atoms with Gasteiger partial charge in [0.2, 0.25) is 5.69 Å². The molecule has 0 fully saturated rings. The number of aromatic nitrogens is 2. The van der Waals surface area contributed by atoms with E-state index in [0.717, 1.165) is 28.3 Å². The van der Waals surface area contributed by atoms with E-state index in [2.05, 4.69) is 53.0 Å². The lowest BCUT2D eigenvalue weighted by Crippen LogP contribution is -2.30. The Kier molecular flexibility index (Phi) is 4.71. The highest BCUT2D eigenvalue weighted by Gasteiger charge is 2.11. The smallest absolute Gasteiger partial charge is 0.231 e. The van der Waals surface area contributed by atoms with E-state index in [1.807, 2.05) is 43.6 Å². The molecule has 3 heteroatoms. The van der Waals surface area contributed by atoms with Crippen molar-refractivity contribution in [1.82, 2.24) is 4.98 Å². The molecule has 0 saturated carbocycles. The maximum Gasteiger partial charge on any atom is 0.231 e. The summed E-state index contributed by atoms with van der Waals surface area (Å²) in [5.74, 6) is 0.866. The molecule has 0 unspecified atom stereocenters. The molecule has 0 N–H and O–H groups in total. The number of rotatable bonds is 4. The average molecular weight is 317 g/mol. The molecule has 3 rings (SSSR count). The van der Waals surface area contributed by atoms with Crippen LogP contribution in [-0.2, 0) is 7.05 Å². The third-order valence-corrected chi connectivity index (χ3v) is 3.94. The molecule has 0 bridgehead atoms.